The SMILES string of the molecule is COC(=O)Cc1cccc(C#CCCN=[N+]=[N-])c1. The van der Waals surface area contributed by atoms with Crippen LogP contribution in [0.3, 0.4) is 0 Å². The van der Waals surface area contributed by atoms with Crippen molar-refractivity contribution in [2.45, 2.75) is 12.8 Å². The molecule has 1 rings (SSSR count). The van der Waals surface area contributed by atoms with Crippen molar-refractivity contribution in [2.24, 2.45) is 5.11 Å². The highest BCUT2D eigenvalue weighted by atomic mass is 16.5. The maximum atomic E-state index is 11.1. The van der Waals surface area contributed by atoms with Crippen molar-refractivity contribution < 1.29 is 9.53 Å². The first-order valence-corrected chi connectivity index (χ1v) is 5.41. The number of esters is 1. The van der Waals surface area contributed by atoms with Crippen molar-refractivity contribution in [3.05, 3.63) is 45.8 Å². The summed E-state index contributed by atoms with van der Waals surface area (Å²) in [5, 5.41) is 3.39. The number of nitrogens with zero attached hydrogens (tertiary/aromatic N) is 3. The van der Waals surface area contributed by atoms with E-state index in [0.29, 0.717) is 13.0 Å². The van der Waals surface area contributed by atoms with Gasteiger partial charge in [0.15, 0.2) is 0 Å². The molecule has 0 bridgehead atoms. The van der Waals surface area contributed by atoms with E-state index >= 15 is 0 Å². The fourth-order valence-corrected chi connectivity index (χ4v) is 1.31. The van der Waals surface area contributed by atoms with E-state index in [9.17, 15) is 4.79 Å². The van der Waals surface area contributed by atoms with Crippen LogP contribution in [-0.4, -0.2) is 19.6 Å². The number of ether oxygens (including phenoxy) is 1. The van der Waals surface area contributed by atoms with Gasteiger partial charge in [0, 0.05) is 23.4 Å². The van der Waals surface area contributed by atoms with Crippen molar-refractivity contribution in [1.29, 1.82) is 0 Å². The van der Waals surface area contributed by atoms with E-state index in [2.05, 4.69) is 26.6 Å². The summed E-state index contributed by atoms with van der Waals surface area (Å²) in [4.78, 5) is 13.8. The van der Waals surface area contributed by atoms with Gasteiger partial charge < -0.3 is 4.74 Å². The Morgan fingerprint density at radius 1 is 1.56 bits per heavy atom. The molecule has 18 heavy (non-hydrogen) atoms. The number of carbonyl (C=O) groups is 1. The van der Waals surface area contributed by atoms with Crippen LogP contribution >= 0.6 is 0 Å². The van der Waals surface area contributed by atoms with E-state index in [1.54, 1.807) is 0 Å². The Kier molecular flexibility index (Phi) is 5.88. The minimum absolute atomic E-state index is 0.241. The van der Waals surface area contributed by atoms with Crippen LogP contribution in [-0.2, 0) is 16.0 Å². The highest BCUT2D eigenvalue weighted by molar-refractivity contribution is 5.72. The van der Waals surface area contributed by atoms with Gasteiger partial charge in [0.1, 0.15) is 0 Å². The van der Waals surface area contributed by atoms with Gasteiger partial charge in [-0.25, -0.2) is 0 Å². The van der Waals surface area contributed by atoms with Gasteiger partial charge in [-0.05, 0) is 23.2 Å². The van der Waals surface area contributed by atoms with Gasteiger partial charge >= 0.3 is 5.97 Å². The standard InChI is InChI=1S/C13H13N3O2/c1-18-13(17)10-12-7-4-6-11(9-12)5-2-3-8-15-16-14/h4,6-7,9H,3,8,10H2,1H3. The average molecular weight is 243 g/mol. The van der Waals surface area contributed by atoms with E-state index in [4.69, 9.17) is 5.53 Å². The molecule has 0 atom stereocenters. The van der Waals surface area contributed by atoms with Crippen LogP contribution < -0.4 is 0 Å². The molecule has 92 valence electrons. The molecule has 1 aromatic rings. The van der Waals surface area contributed by atoms with E-state index in [1.807, 2.05) is 24.3 Å². The molecule has 0 saturated heterocycles. The first-order chi connectivity index (χ1) is 8.76. The van der Waals surface area contributed by atoms with Crippen LogP contribution in [0.25, 0.3) is 10.4 Å². The van der Waals surface area contributed by atoms with Crippen molar-refractivity contribution in [2.75, 3.05) is 13.7 Å². The minimum atomic E-state index is -0.275. The molecule has 0 aliphatic carbocycles. The second kappa shape index (κ2) is 7.77. The van der Waals surface area contributed by atoms with Gasteiger partial charge in [-0.1, -0.05) is 29.1 Å². The van der Waals surface area contributed by atoms with E-state index in [1.165, 1.54) is 7.11 Å². The first-order valence-electron chi connectivity index (χ1n) is 5.41. The van der Waals surface area contributed by atoms with Crippen molar-refractivity contribution in [3.8, 4) is 11.8 Å². The summed E-state index contributed by atoms with van der Waals surface area (Å²) in [5.74, 6) is 5.58. The zero-order valence-electron chi connectivity index (χ0n) is 10.1. The molecule has 0 aliphatic rings. The lowest BCUT2D eigenvalue weighted by molar-refractivity contribution is -0.139. The smallest absolute Gasteiger partial charge is 0.309 e. The summed E-state index contributed by atoms with van der Waals surface area (Å²) in [6.07, 6.45) is 0.760. The summed E-state index contributed by atoms with van der Waals surface area (Å²) in [5.41, 5.74) is 9.79. The predicted octanol–water partition coefficient (Wildman–Crippen LogP) is 2.45. The Bertz CT molecular complexity index is 523. The number of methoxy groups -OCH3 is 1. The first kappa shape index (κ1) is 13.6. The third-order valence-electron chi connectivity index (χ3n) is 2.14. The molecule has 0 heterocycles. The van der Waals surface area contributed by atoms with Crippen molar-refractivity contribution >= 4 is 5.97 Å². The Morgan fingerprint density at radius 2 is 2.39 bits per heavy atom. The molecule has 5 nitrogen and oxygen atoms in total. The predicted molar refractivity (Wildman–Crippen MR) is 67.7 cm³/mol. The molecule has 1 aromatic carbocycles. The Balaban J connectivity index is 2.64. The Morgan fingerprint density at radius 3 is 3.11 bits per heavy atom. The summed E-state index contributed by atoms with van der Waals surface area (Å²) < 4.78 is 4.60. The van der Waals surface area contributed by atoms with Crippen molar-refractivity contribution in [3.63, 3.8) is 0 Å². The molecule has 0 spiro atoms. The average Bonchev–Trinajstić information content (AvgIpc) is 2.39. The second-order valence-corrected chi connectivity index (χ2v) is 3.46. The van der Waals surface area contributed by atoms with E-state index in [0.717, 1.165) is 11.1 Å². The second-order valence-electron chi connectivity index (χ2n) is 3.46. The van der Waals surface area contributed by atoms with Crippen LogP contribution in [0.4, 0.5) is 0 Å². The summed E-state index contributed by atoms with van der Waals surface area (Å²) >= 11 is 0. The van der Waals surface area contributed by atoms with E-state index < -0.39 is 0 Å². The molecule has 0 fully saturated rings. The lowest BCUT2D eigenvalue weighted by atomic mass is 10.1. The van der Waals surface area contributed by atoms with Crippen LogP contribution in [0.5, 0.6) is 0 Å². The van der Waals surface area contributed by atoms with Gasteiger partial charge in [-0.3, -0.25) is 4.79 Å². The van der Waals surface area contributed by atoms with Crippen LogP contribution in [0.15, 0.2) is 29.4 Å². The Hall–Kier alpha value is -2.44. The number of rotatable bonds is 4. The van der Waals surface area contributed by atoms with Crippen molar-refractivity contribution in [1.82, 2.24) is 0 Å². The normalized spacial score (nSPS) is 8.72. The molecule has 0 unspecified atom stereocenters. The molecule has 0 amide bonds. The zero-order valence-corrected chi connectivity index (χ0v) is 10.1. The van der Waals surface area contributed by atoms with Crippen LogP contribution in [0, 0.1) is 11.8 Å². The lowest BCUT2D eigenvalue weighted by Gasteiger charge is -2.00. The highest BCUT2D eigenvalue weighted by Gasteiger charge is 2.02. The molecule has 5 heteroatoms. The number of hydrogen-bond donors (Lipinski definition) is 0. The number of hydrogen-bond acceptors (Lipinski definition) is 3. The monoisotopic (exact) mass is 243 g/mol. The van der Waals surface area contributed by atoms with Gasteiger partial charge in [0.25, 0.3) is 0 Å². The maximum absolute atomic E-state index is 11.1. The van der Waals surface area contributed by atoms with Gasteiger partial charge in [0.2, 0.25) is 0 Å². The maximum Gasteiger partial charge on any atom is 0.309 e. The Labute approximate surface area is 105 Å². The van der Waals surface area contributed by atoms with Gasteiger partial charge in [0.05, 0.1) is 13.5 Å². The van der Waals surface area contributed by atoms with Crippen LogP contribution in [0.1, 0.15) is 17.5 Å². The molecule has 0 radical (unpaired) electrons. The van der Waals surface area contributed by atoms with E-state index in [-0.39, 0.29) is 12.4 Å². The number of azide groups is 1. The summed E-state index contributed by atoms with van der Waals surface area (Å²) in [6, 6.07) is 7.40. The van der Waals surface area contributed by atoms with Gasteiger partial charge in [-0.15, -0.1) is 0 Å². The fourth-order valence-electron chi connectivity index (χ4n) is 1.31. The quantitative estimate of drug-likeness (QED) is 0.203. The molecular weight excluding hydrogens is 230 g/mol. The topological polar surface area (TPSA) is 75.1 Å². The minimum Gasteiger partial charge on any atom is -0.469 e. The molecule has 0 aromatic heterocycles. The third-order valence-corrected chi connectivity index (χ3v) is 2.14. The fraction of sp³-hybridized carbons (Fsp3) is 0.308. The zero-order chi connectivity index (χ0) is 13.2. The number of carbonyl (C=O) groups excluding carboxylic acids is 1. The number of benzene rings is 1. The third kappa shape index (κ3) is 5.06. The molecule has 0 N–H and O–H groups in total. The highest BCUT2D eigenvalue weighted by Crippen LogP contribution is 2.05. The molecule has 0 saturated carbocycles. The lowest BCUT2D eigenvalue weighted by Crippen LogP contribution is -2.04. The molecule has 0 aliphatic heterocycles. The summed E-state index contributed by atoms with van der Waals surface area (Å²) in [7, 11) is 1.36. The molecular formula is C13H13N3O2. The largest absolute Gasteiger partial charge is 0.469 e. The van der Waals surface area contributed by atoms with Crippen LogP contribution in [0.2, 0.25) is 0 Å². The van der Waals surface area contributed by atoms with Gasteiger partial charge in [-0.2, -0.15) is 0 Å². The summed E-state index contributed by atoms with van der Waals surface area (Å²) in [6.45, 7) is 0.366.